The van der Waals surface area contributed by atoms with Crippen molar-refractivity contribution in [3.05, 3.63) is 89.5 Å². The number of likely N-dealkylation sites (N-methyl/N-ethyl adjacent to an activating group) is 1. The smallest absolute Gasteiger partial charge is 0.329 e. The van der Waals surface area contributed by atoms with Gasteiger partial charge in [-0.3, -0.25) is 4.79 Å². The molecule has 0 saturated heterocycles. The summed E-state index contributed by atoms with van der Waals surface area (Å²) >= 11 is 0. The van der Waals surface area contributed by atoms with E-state index in [1.807, 2.05) is 48.5 Å². The van der Waals surface area contributed by atoms with Gasteiger partial charge >= 0.3 is 6.03 Å². The highest BCUT2D eigenvalue weighted by molar-refractivity contribution is 7.90. The summed E-state index contributed by atoms with van der Waals surface area (Å²) in [5.74, 6) is 0.205. The maximum Gasteiger partial charge on any atom is 0.329 e. The van der Waals surface area contributed by atoms with Crippen LogP contribution in [-0.4, -0.2) is 39.5 Å². The number of carbonyl (C=O) groups excluding carboxylic acids is 2. The zero-order valence-electron chi connectivity index (χ0n) is 20.7. The molecular weight excluding hydrogens is 490 g/mol. The maximum atomic E-state index is 13.9. The second-order valence-electron chi connectivity index (χ2n) is 9.57. The fraction of sp³-hybridized carbons (Fsp3) is 0.286. The third-order valence-corrected chi connectivity index (χ3v) is 8.57. The van der Waals surface area contributed by atoms with E-state index in [1.165, 1.54) is 11.0 Å². The van der Waals surface area contributed by atoms with Gasteiger partial charge in [-0.1, -0.05) is 48.5 Å². The Balaban J connectivity index is 1.41. The van der Waals surface area contributed by atoms with Crippen molar-refractivity contribution < 1.29 is 22.7 Å². The van der Waals surface area contributed by atoms with Gasteiger partial charge in [-0.25, -0.2) is 17.9 Å². The molecule has 1 heterocycles. The highest BCUT2D eigenvalue weighted by Crippen LogP contribution is 2.53. The number of benzene rings is 3. The van der Waals surface area contributed by atoms with Crippen LogP contribution in [0.2, 0.25) is 0 Å². The molecule has 1 fully saturated rings. The molecule has 3 amide bonds. The predicted octanol–water partition coefficient (Wildman–Crippen LogP) is 3.90. The molecule has 5 rings (SSSR count). The Morgan fingerprint density at radius 1 is 1.03 bits per heavy atom. The third kappa shape index (κ3) is 4.79. The highest BCUT2D eigenvalue weighted by Gasteiger charge is 2.63. The average Bonchev–Trinajstić information content (AvgIpc) is 3.62. The molecule has 9 heteroatoms. The van der Waals surface area contributed by atoms with Crippen LogP contribution < -0.4 is 19.7 Å². The minimum atomic E-state index is -4.13. The van der Waals surface area contributed by atoms with Crippen molar-refractivity contribution in [2.75, 3.05) is 18.6 Å². The second-order valence-corrected chi connectivity index (χ2v) is 11.2. The predicted molar refractivity (Wildman–Crippen MR) is 140 cm³/mol. The highest BCUT2D eigenvalue weighted by atomic mass is 32.2. The summed E-state index contributed by atoms with van der Waals surface area (Å²) in [5.41, 5.74) is 1.84. The van der Waals surface area contributed by atoms with Crippen LogP contribution in [-0.2, 0) is 21.2 Å². The van der Waals surface area contributed by atoms with Gasteiger partial charge in [0.15, 0.2) is 0 Å². The molecule has 8 nitrogen and oxygen atoms in total. The van der Waals surface area contributed by atoms with Crippen molar-refractivity contribution in [3.8, 4) is 5.75 Å². The molecule has 1 unspecified atom stereocenters. The van der Waals surface area contributed by atoms with Crippen molar-refractivity contribution in [2.24, 2.45) is 0 Å². The lowest BCUT2D eigenvalue weighted by Gasteiger charge is -2.27. The van der Waals surface area contributed by atoms with Gasteiger partial charge in [-0.2, -0.15) is 0 Å². The molecule has 2 N–H and O–H groups in total. The molecule has 3 aromatic carbocycles. The van der Waals surface area contributed by atoms with Gasteiger partial charge in [-0.15, -0.1) is 0 Å². The number of nitrogens with one attached hydrogen (secondary N) is 2. The van der Waals surface area contributed by atoms with Crippen LogP contribution in [0.5, 0.6) is 5.75 Å². The molecule has 1 aliphatic heterocycles. The minimum Gasteiger partial charge on any atom is -0.493 e. The quantitative estimate of drug-likeness (QED) is 0.514. The number of sulfonamides is 1. The monoisotopic (exact) mass is 519 g/mol. The van der Waals surface area contributed by atoms with Crippen molar-refractivity contribution in [1.29, 1.82) is 0 Å². The van der Waals surface area contributed by atoms with E-state index in [9.17, 15) is 18.0 Å². The molecule has 0 spiro atoms. The third-order valence-electron chi connectivity index (χ3n) is 7.08. The van der Waals surface area contributed by atoms with Crippen LogP contribution in [0.15, 0.2) is 77.7 Å². The zero-order chi connectivity index (χ0) is 26.2. The van der Waals surface area contributed by atoms with E-state index in [-0.39, 0.29) is 16.7 Å². The number of hydrogen-bond acceptors (Lipinski definition) is 5. The molecule has 1 saturated carbocycles. The van der Waals surface area contributed by atoms with Crippen LogP contribution in [0.25, 0.3) is 0 Å². The van der Waals surface area contributed by atoms with E-state index in [0.717, 1.165) is 29.7 Å². The summed E-state index contributed by atoms with van der Waals surface area (Å²) < 4.78 is 33.6. The van der Waals surface area contributed by atoms with E-state index < -0.39 is 21.6 Å². The van der Waals surface area contributed by atoms with E-state index in [1.54, 1.807) is 32.2 Å². The van der Waals surface area contributed by atoms with Gasteiger partial charge in [0.25, 0.3) is 15.9 Å². The minimum absolute atomic E-state index is 0.00864. The van der Waals surface area contributed by atoms with Crippen LogP contribution in [0.1, 0.15) is 35.4 Å². The molecule has 37 heavy (non-hydrogen) atoms. The first-order valence-corrected chi connectivity index (χ1v) is 13.7. The molecule has 2 atom stereocenters. The molecule has 2 aliphatic rings. The Morgan fingerprint density at radius 2 is 1.76 bits per heavy atom. The Morgan fingerprint density at radius 3 is 2.51 bits per heavy atom. The molecule has 3 aromatic rings. The van der Waals surface area contributed by atoms with Gasteiger partial charge in [0.2, 0.25) is 0 Å². The standard InChI is InChI=1S/C28H29N3O5S/c1-19-9-6-7-13-25(19)37(34,35)30-27(33)29-28(18-23(28)20-10-4-3-5-11-20)26(32)31(2)22-14-15-24-21(17-22)12-8-16-36-24/h3-7,9-11,13-15,17,23H,8,12,16,18H2,1-2H3,(H2,29,30,33)/t23?,28-/m0/s1. The first-order valence-electron chi connectivity index (χ1n) is 12.2. The number of urea groups is 1. The molecule has 0 aromatic heterocycles. The largest absolute Gasteiger partial charge is 0.493 e. The average molecular weight is 520 g/mol. The Labute approximate surface area is 216 Å². The fourth-order valence-corrected chi connectivity index (χ4v) is 6.17. The van der Waals surface area contributed by atoms with E-state index in [0.29, 0.717) is 24.3 Å². The molecule has 0 bridgehead atoms. The number of anilines is 1. The normalized spacial score (nSPS) is 20.2. The Bertz CT molecular complexity index is 1460. The number of hydrogen-bond donors (Lipinski definition) is 2. The number of ether oxygens (including phenoxy) is 1. The lowest BCUT2D eigenvalue weighted by atomic mass is 10.0. The number of fused-ring (bicyclic) bond motifs is 1. The number of aryl methyl sites for hydroxylation is 2. The maximum absolute atomic E-state index is 13.9. The zero-order valence-corrected chi connectivity index (χ0v) is 21.5. The first kappa shape index (κ1) is 24.8. The fourth-order valence-electron chi connectivity index (χ4n) is 5.01. The number of amides is 3. The molecule has 192 valence electrons. The molecular formula is C28H29N3O5S. The first-order chi connectivity index (χ1) is 17.7. The lowest BCUT2D eigenvalue weighted by Crippen LogP contribution is -2.54. The van der Waals surface area contributed by atoms with Crippen molar-refractivity contribution in [3.63, 3.8) is 0 Å². The second kappa shape index (κ2) is 9.55. The summed E-state index contributed by atoms with van der Waals surface area (Å²) in [5, 5.41) is 2.73. The van der Waals surface area contributed by atoms with Crippen molar-refractivity contribution >= 4 is 27.6 Å². The SMILES string of the molecule is Cc1ccccc1S(=O)(=O)NC(=O)N[C@@]1(C(=O)N(C)c2ccc3c(c2)CCCO3)CC1c1ccccc1. The van der Waals surface area contributed by atoms with Gasteiger partial charge < -0.3 is 15.0 Å². The summed E-state index contributed by atoms with van der Waals surface area (Å²) in [6.45, 7) is 2.33. The number of rotatable bonds is 6. The van der Waals surface area contributed by atoms with E-state index in [2.05, 4.69) is 10.0 Å². The number of carbonyl (C=O) groups is 2. The van der Waals surface area contributed by atoms with Gasteiger partial charge in [0, 0.05) is 18.7 Å². The van der Waals surface area contributed by atoms with Crippen LogP contribution in [0.3, 0.4) is 0 Å². The van der Waals surface area contributed by atoms with Crippen LogP contribution >= 0.6 is 0 Å². The summed E-state index contributed by atoms with van der Waals surface area (Å²) in [6, 6.07) is 20.5. The Kier molecular flexibility index (Phi) is 6.41. The van der Waals surface area contributed by atoms with Crippen molar-refractivity contribution in [1.82, 2.24) is 10.0 Å². The van der Waals surface area contributed by atoms with E-state index >= 15 is 0 Å². The van der Waals surface area contributed by atoms with Crippen LogP contribution in [0.4, 0.5) is 10.5 Å². The topological polar surface area (TPSA) is 105 Å². The summed E-state index contributed by atoms with van der Waals surface area (Å²) in [7, 11) is -2.46. The van der Waals surface area contributed by atoms with Crippen LogP contribution in [0, 0.1) is 6.92 Å². The lowest BCUT2D eigenvalue weighted by molar-refractivity contribution is -0.121. The van der Waals surface area contributed by atoms with Gasteiger partial charge in [0.1, 0.15) is 11.3 Å². The molecule has 1 aliphatic carbocycles. The van der Waals surface area contributed by atoms with E-state index in [4.69, 9.17) is 4.74 Å². The Hall–Kier alpha value is -3.85. The van der Waals surface area contributed by atoms with Crippen molar-refractivity contribution in [2.45, 2.75) is 42.5 Å². The number of nitrogens with zero attached hydrogens (tertiary/aromatic N) is 1. The van der Waals surface area contributed by atoms with Gasteiger partial charge in [-0.05, 0) is 67.1 Å². The summed E-state index contributed by atoms with van der Waals surface area (Å²) in [6.07, 6.45) is 2.12. The molecule has 0 radical (unpaired) electrons. The van der Waals surface area contributed by atoms with Gasteiger partial charge in [0.05, 0.1) is 11.5 Å². The summed E-state index contributed by atoms with van der Waals surface area (Å²) in [4.78, 5) is 28.5.